The number of phenols is 2. The molecule has 1 heterocycles. The van der Waals surface area contributed by atoms with Crippen LogP contribution in [0.2, 0.25) is 0 Å². The van der Waals surface area contributed by atoms with Gasteiger partial charge in [-0.05, 0) is 60.6 Å². The van der Waals surface area contributed by atoms with Gasteiger partial charge in [-0.3, -0.25) is 0 Å². The molecule has 0 fully saturated rings. The summed E-state index contributed by atoms with van der Waals surface area (Å²) >= 11 is 0. The lowest BCUT2D eigenvalue weighted by Crippen LogP contribution is -2.14. The van der Waals surface area contributed by atoms with Crippen molar-refractivity contribution in [1.29, 1.82) is 0 Å². The predicted molar refractivity (Wildman–Crippen MR) is 148 cm³/mol. The lowest BCUT2D eigenvalue weighted by molar-refractivity contribution is 0.0478. The van der Waals surface area contributed by atoms with Gasteiger partial charge in [0.1, 0.15) is 11.5 Å². The molecule has 3 aromatic carbocycles. The number of carbonyl (C=O) groups excluding carboxylic acids is 1. The fourth-order valence-corrected chi connectivity index (χ4v) is 4.44. The maximum atomic E-state index is 12.8. The summed E-state index contributed by atoms with van der Waals surface area (Å²) in [5.74, 6) is 0.854. The number of para-hydroxylation sites is 2. The van der Waals surface area contributed by atoms with Crippen molar-refractivity contribution < 1.29 is 19.7 Å². The minimum absolute atomic E-state index is 0.0194. The topological polar surface area (TPSA) is 105 Å². The predicted octanol–water partition coefficient (Wildman–Crippen LogP) is 6.90. The second-order valence-electron chi connectivity index (χ2n) is 10.7. The zero-order valence-corrected chi connectivity index (χ0v) is 22.2. The van der Waals surface area contributed by atoms with Crippen molar-refractivity contribution in [2.75, 3.05) is 6.61 Å². The van der Waals surface area contributed by atoms with Gasteiger partial charge in [0.25, 0.3) is 0 Å². The molecule has 0 aliphatic rings. The highest BCUT2D eigenvalue weighted by Gasteiger charge is 2.18. The number of nitrogens with zero attached hydrogens (tertiary/aromatic N) is 3. The number of hydrogen-bond acceptors (Lipinski definition) is 7. The van der Waals surface area contributed by atoms with Gasteiger partial charge >= 0.3 is 5.97 Å². The summed E-state index contributed by atoms with van der Waals surface area (Å²) in [6.45, 7) is 9.14. The first-order valence-electron chi connectivity index (χ1n) is 12.7. The average Bonchev–Trinajstić information content (AvgIpc) is 2.88. The Morgan fingerprint density at radius 2 is 1.37 bits per heavy atom. The van der Waals surface area contributed by atoms with E-state index in [2.05, 4.69) is 42.6 Å². The molecule has 7 nitrogen and oxygen atoms in total. The number of aromatic hydroxyl groups is 2. The molecule has 1 atom stereocenters. The SMILES string of the molecule is CC(CCOC(=O)c1cccc(-c2nc(-c3ccccc3O)nc(-c3ccccc3O)n2)c1)CC(C)(C)C. The van der Waals surface area contributed by atoms with Crippen LogP contribution in [0, 0.1) is 11.3 Å². The van der Waals surface area contributed by atoms with Gasteiger partial charge in [-0.2, -0.15) is 0 Å². The van der Waals surface area contributed by atoms with E-state index in [0.717, 1.165) is 12.8 Å². The first kappa shape index (κ1) is 26.8. The van der Waals surface area contributed by atoms with Gasteiger partial charge in [0.15, 0.2) is 17.5 Å². The summed E-state index contributed by atoms with van der Waals surface area (Å²) in [4.78, 5) is 26.5. The first-order chi connectivity index (χ1) is 18.1. The molecule has 0 aliphatic heterocycles. The minimum atomic E-state index is -0.411. The summed E-state index contributed by atoms with van der Waals surface area (Å²) in [5.41, 5.74) is 2.05. The van der Waals surface area contributed by atoms with Crippen LogP contribution in [0.1, 0.15) is 50.9 Å². The summed E-state index contributed by atoms with van der Waals surface area (Å²) in [5, 5.41) is 20.9. The van der Waals surface area contributed by atoms with E-state index in [-0.39, 0.29) is 28.6 Å². The molecule has 0 amide bonds. The molecule has 0 bridgehead atoms. The van der Waals surface area contributed by atoms with Gasteiger partial charge in [-0.15, -0.1) is 0 Å². The van der Waals surface area contributed by atoms with E-state index < -0.39 is 5.97 Å². The number of phenolic OH excluding ortho intramolecular Hbond substituents is 2. The molecule has 0 saturated carbocycles. The van der Waals surface area contributed by atoms with E-state index in [1.807, 2.05) is 0 Å². The Morgan fingerprint density at radius 1 is 0.816 bits per heavy atom. The third-order valence-corrected chi connectivity index (χ3v) is 6.09. The Hall–Kier alpha value is -4.26. The molecule has 0 saturated heterocycles. The van der Waals surface area contributed by atoms with Gasteiger partial charge in [-0.1, -0.05) is 64.1 Å². The van der Waals surface area contributed by atoms with Gasteiger partial charge in [0, 0.05) is 5.56 Å². The van der Waals surface area contributed by atoms with Crippen LogP contribution in [0.25, 0.3) is 34.2 Å². The Labute approximate surface area is 223 Å². The van der Waals surface area contributed by atoms with Crippen LogP contribution in [-0.2, 0) is 4.74 Å². The number of rotatable bonds is 8. The van der Waals surface area contributed by atoms with Crippen molar-refractivity contribution in [3.63, 3.8) is 0 Å². The third-order valence-electron chi connectivity index (χ3n) is 6.09. The van der Waals surface area contributed by atoms with Crippen LogP contribution in [0.5, 0.6) is 11.5 Å². The van der Waals surface area contributed by atoms with E-state index in [4.69, 9.17) is 4.74 Å². The number of benzene rings is 3. The normalized spacial score (nSPS) is 12.2. The molecule has 1 aromatic heterocycles. The highest BCUT2D eigenvalue weighted by molar-refractivity contribution is 5.90. The standard InChI is InChI=1S/C31H33N3O4/c1-20(19-31(2,3)4)16-17-38-30(37)22-11-9-10-21(18-22)27-32-28(23-12-5-7-14-25(23)35)34-29(33-27)24-13-6-8-15-26(24)36/h5-15,18,20,35-36H,16-17,19H2,1-4H3. The maximum absolute atomic E-state index is 12.8. The van der Waals surface area contributed by atoms with Crippen molar-refractivity contribution in [3.05, 3.63) is 78.4 Å². The largest absolute Gasteiger partial charge is 0.507 e. The fourth-order valence-electron chi connectivity index (χ4n) is 4.44. The van der Waals surface area contributed by atoms with Crippen LogP contribution < -0.4 is 0 Å². The molecule has 4 aromatic rings. The molecule has 1 unspecified atom stereocenters. The average molecular weight is 512 g/mol. The molecule has 196 valence electrons. The Bertz CT molecular complexity index is 1370. The maximum Gasteiger partial charge on any atom is 0.338 e. The van der Waals surface area contributed by atoms with Crippen LogP contribution in [0.15, 0.2) is 72.8 Å². The number of hydrogen-bond donors (Lipinski definition) is 2. The van der Waals surface area contributed by atoms with Gasteiger partial charge in [-0.25, -0.2) is 19.7 Å². The number of esters is 1. The third kappa shape index (κ3) is 6.73. The van der Waals surface area contributed by atoms with Gasteiger partial charge in [0.05, 0.1) is 23.3 Å². The quantitative estimate of drug-likeness (QED) is 0.248. The second kappa shape index (κ2) is 11.4. The van der Waals surface area contributed by atoms with Crippen molar-refractivity contribution >= 4 is 5.97 Å². The first-order valence-corrected chi connectivity index (χ1v) is 12.7. The highest BCUT2D eigenvalue weighted by Crippen LogP contribution is 2.32. The van der Waals surface area contributed by atoms with E-state index in [1.165, 1.54) is 0 Å². The smallest absolute Gasteiger partial charge is 0.338 e. The Balaban J connectivity index is 1.64. The monoisotopic (exact) mass is 511 g/mol. The van der Waals surface area contributed by atoms with Crippen molar-refractivity contribution in [2.24, 2.45) is 11.3 Å². The molecule has 0 radical (unpaired) electrons. The van der Waals surface area contributed by atoms with E-state index in [9.17, 15) is 15.0 Å². The number of ether oxygens (including phenoxy) is 1. The minimum Gasteiger partial charge on any atom is -0.507 e. The van der Waals surface area contributed by atoms with Gasteiger partial charge < -0.3 is 14.9 Å². The molecule has 0 spiro atoms. The van der Waals surface area contributed by atoms with E-state index >= 15 is 0 Å². The molecule has 4 rings (SSSR count). The summed E-state index contributed by atoms with van der Waals surface area (Å²) in [6, 6.07) is 20.4. The fraction of sp³-hybridized carbons (Fsp3) is 0.290. The van der Waals surface area contributed by atoms with Crippen LogP contribution in [0.4, 0.5) is 0 Å². The lowest BCUT2D eigenvalue weighted by atomic mass is 9.84. The summed E-state index contributed by atoms with van der Waals surface area (Å²) in [6.07, 6.45) is 1.85. The highest BCUT2D eigenvalue weighted by atomic mass is 16.5. The molecule has 38 heavy (non-hydrogen) atoms. The van der Waals surface area contributed by atoms with E-state index in [1.54, 1.807) is 72.8 Å². The number of aromatic nitrogens is 3. The summed E-state index contributed by atoms with van der Waals surface area (Å²) in [7, 11) is 0. The summed E-state index contributed by atoms with van der Waals surface area (Å²) < 4.78 is 5.56. The van der Waals surface area contributed by atoms with Crippen LogP contribution in [-0.4, -0.2) is 37.7 Å². The van der Waals surface area contributed by atoms with Crippen LogP contribution >= 0.6 is 0 Å². The Morgan fingerprint density at radius 3 is 1.92 bits per heavy atom. The zero-order chi connectivity index (χ0) is 27.3. The van der Waals surface area contributed by atoms with Crippen molar-refractivity contribution in [3.8, 4) is 45.7 Å². The van der Waals surface area contributed by atoms with Crippen molar-refractivity contribution in [1.82, 2.24) is 15.0 Å². The second-order valence-corrected chi connectivity index (χ2v) is 10.7. The molecule has 2 N–H and O–H groups in total. The van der Waals surface area contributed by atoms with E-state index in [0.29, 0.717) is 40.6 Å². The van der Waals surface area contributed by atoms with Crippen LogP contribution in [0.3, 0.4) is 0 Å². The number of carbonyl (C=O) groups is 1. The van der Waals surface area contributed by atoms with Gasteiger partial charge in [0.2, 0.25) is 0 Å². The molecule has 7 heteroatoms. The Kier molecular flexibility index (Phi) is 8.05. The molecule has 0 aliphatic carbocycles. The molecular weight excluding hydrogens is 478 g/mol. The molecular formula is C31H33N3O4. The van der Waals surface area contributed by atoms with Crippen molar-refractivity contribution in [2.45, 2.75) is 40.5 Å². The zero-order valence-electron chi connectivity index (χ0n) is 22.2. The lowest BCUT2D eigenvalue weighted by Gasteiger charge is -2.23.